The van der Waals surface area contributed by atoms with Gasteiger partial charge in [-0.05, 0) is 36.8 Å². The average Bonchev–Trinajstić information content (AvgIpc) is 2.40. The number of anilines is 1. The molecule has 1 atom stereocenters. The molecule has 2 rings (SSSR count). The molecule has 0 N–H and O–H groups in total. The van der Waals surface area contributed by atoms with E-state index in [4.69, 9.17) is 0 Å². The molecular weight excluding hydrogens is 208 g/mol. The second-order valence-corrected chi connectivity index (χ2v) is 5.30. The van der Waals surface area contributed by atoms with E-state index in [1.807, 2.05) is 12.4 Å². The molecule has 1 aliphatic rings. The van der Waals surface area contributed by atoms with E-state index in [0.717, 1.165) is 11.8 Å². The van der Waals surface area contributed by atoms with Crippen LogP contribution in [0.3, 0.4) is 0 Å². The quantitative estimate of drug-likeness (QED) is 0.786. The van der Waals surface area contributed by atoms with E-state index in [2.05, 4.69) is 35.9 Å². The van der Waals surface area contributed by atoms with Crippen molar-refractivity contribution < 1.29 is 0 Å². The van der Waals surface area contributed by atoms with Crippen molar-refractivity contribution in [3.05, 3.63) is 24.5 Å². The molecule has 17 heavy (non-hydrogen) atoms. The molecule has 0 spiro atoms. The van der Waals surface area contributed by atoms with Gasteiger partial charge < -0.3 is 4.90 Å². The molecule has 1 aromatic heterocycles. The largest absolute Gasteiger partial charge is 0.371 e. The maximum atomic E-state index is 4.08. The molecule has 1 fully saturated rings. The van der Waals surface area contributed by atoms with Crippen molar-refractivity contribution in [1.29, 1.82) is 0 Å². The third kappa shape index (κ3) is 3.21. The van der Waals surface area contributed by atoms with Crippen LogP contribution in [0.25, 0.3) is 0 Å². The fraction of sp³-hybridized carbons (Fsp3) is 0.667. The fourth-order valence-corrected chi connectivity index (χ4v) is 2.97. The van der Waals surface area contributed by atoms with Crippen LogP contribution in [0.1, 0.15) is 39.5 Å². The molecule has 94 valence electrons. The van der Waals surface area contributed by atoms with Crippen molar-refractivity contribution in [3.63, 3.8) is 0 Å². The van der Waals surface area contributed by atoms with Crippen LogP contribution in [0.15, 0.2) is 24.5 Å². The number of pyridine rings is 1. The number of nitrogens with zero attached hydrogens (tertiary/aromatic N) is 2. The highest BCUT2D eigenvalue weighted by atomic mass is 15.1. The minimum Gasteiger partial charge on any atom is -0.371 e. The Hall–Kier alpha value is -1.05. The average molecular weight is 232 g/mol. The molecule has 0 radical (unpaired) electrons. The van der Waals surface area contributed by atoms with Crippen molar-refractivity contribution in [1.82, 2.24) is 4.98 Å². The Morgan fingerprint density at radius 2 is 1.94 bits per heavy atom. The van der Waals surface area contributed by atoms with E-state index >= 15 is 0 Å². The van der Waals surface area contributed by atoms with Gasteiger partial charge in [-0.1, -0.05) is 26.7 Å². The zero-order chi connectivity index (χ0) is 12.1. The molecule has 0 amide bonds. The first-order chi connectivity index (χ1) is 8.31. The van der Waals surface area contributed by atoms with Gasteiger partial charge in [0.1, 0.15) is 0 Å². The van der Waals surface area contributed by atoms with Crippen LogP contribution in [0.4, 0.5) is 5.69 Å². The standard InChI is InChI=1S/C15H24N2/c1-3-4-13(2)14-7-11-17(12-8-14)15-5-9-16-10-6-15/h5-6,9-10,13-14H,3-4,7-8,11-12H2,1-2H3. The van der Waals surface area contributed by atoms with E-state index < -0.39 is 0 Å². The summed E-state index contributed by atoms with van der Waals surface area (Å²) >= 11 is 0. The van der Waals surface area contributed by atoms with Crippen LogP contribution in [-0.4, -0.2) is 18.1 Å². The molecule has 0 saturated carbocycles. The minimum atomic E-state index is 0.902. The molecule has 1 aromatic rings. The summed E-state index contributed by atoms with van der Waals surface area (Å²) in [6.07, 6.45) is 9.20. The van der Waals surface area contributed by atoms with Gasteiger partial charge in [-0.2, -0.15) is 0 Å². The zero-order valence-electron chi connectivity index (χ0n) is 11.1. The summed E-state index contributed by atoms with van der Waals surface area (Å²) in [5, 5.41) is 0. The van der Waals surface area contributed by atoms with Crippen LogP contribution in [-0.2, 0) is 0 Å². The summed E-state index contributed by atoms with van der Waals surface area (Å²) in [4.78, 5) is 6.58. The van der Waals surface area contributed by atoms with Crippen LogP contribution >= 0.6 is 0 Å². The lowest BCUT2D eigenvalue weighted by atomic mass is 9.83. The first-order valence-corrected chi connectivity index (χ1v) is 6.96. The second kappa shape index (κ2) is 6.04. The summed E-state index contributed by atoms with van der Waals surface area (Å²) in [6.45, 7) is 7.14. The van der Waals surface area contributed by atoms with Crippen molar-refractivity contribution in [2.24, 2.45) is 11.8 Å². The van der Waals surface area contributed by atoms with Gasteiger partial charge in [-0.25, -0.2) is 0 Å². The predicted molar refractivity (Wildman–Crippen MR) is 73.2 cm³/mol. The first kappa shape index (κ1) is 12.4. The molecule has 0 aliphatic carbocycles. The molecule has 2 nitrogen and oxygen atoms in total. The number of aromatic nitrogens is 1. The Bertz CT molecular complexity index is 315. The van der Waals surface area contributed by atoms with E-state index in [1.165, 1.54) is 44.5 Å². The Kier molecular flexibility index (Phi) is 4.41. The molecule has 0 bridgehead atoms. The van der Waals surface area contributed by atoms with Crippen LogP contribution in [0.2, 0.25) is 0 Å². The van der Waals surface area contributed by atoms with Crippen molar-refractivity contribution >= 4 is 5.69 Å². The van der Waals surface area contributed by atoms with Gasteiger partial charge in [0.2, 0.25) is 0 Å². The van der Waals surface area contributed by atoms with E-state index in [0.29, 0.717) is 0 Å². The summed E-state index contributed by atoms with van der Waals surface area (Å²) in [6, 6.07) is 4.24. The maximum absolute atomic E-state index is 4.08. The highest BCUT2D eigenvalue weighted by molar-refractivity contribution is 5.44. The molecule has 1 unspecified atom stereocenters. The summed E-state index contributed by atoms with van der Waals surface area (Å²) in [5.74, 6) is 1.84. The number of hydrogen-bond acceptors (Lipinski definition) is 2. The van der Waals surface area contributed by atoms with Gasteiger partial charge in [0.25, 0.3) is 0 Å². The monoisotopic (exact) mass is 232 g/mol. The lowest BCUT2D eigenvalue weighted by molar-refractivity contribution is 0.277. The fourth-order valence-electron chi connectivity index (χ4n) is 2.97. The van der Waals surface area contributed by atoms with Crippen molar-refractivity contribution in [3.8, 4) is 0 Å². The topological polar surface area (TPSA) is 16.1 Å². The Morgan fingerprint density at radius 1 is 1.29 bits per heavy atom. The number of hydrogen-bond donors (Lipinski definition) is 0. The van der Waals surface area contributed by atoms with E-state index in [1.54, 1.807) is 0 Å². The summed E-state index contributed by atoms with van der Waals surface area (Å²) in [5.41, 5.74) is 1.33. The van der Waals surface area contributed by atoms with Gasteiger partial charge in [-0.3, -0.25) is 4.98 Å². The summed E-state index contributed by atoms with van der Waals surface area (Å²) < 4.78 is 0. The Balaban J connectivity index is 1.86. The highest BCUT2D eigenvalue weighted by Crippen LogP contribution is 2.29. The predicted octanol–water partition coefficient (Wildman–Crippen LogP) is 3.73. The normalized spacial score (nSPS) is 19.3. The first-order valence-electron chi connectivity index (χ1n) is 6.96. The Labute approximate surface area is 105 Å². The molecule has 0 aromatic carbocycles. The number of piperidine rings is 1. The third-order valence-corrected chi connectivity index (χ3v) is 4.12. The third-order valence-electron chi connectivity index (χ3n) is 4.12. The molecule has 2 heteroatoms. The van der Waals surface area contributed by atoms with Crippen LogP contribution in [0, 0.1) is 11.8 Å². The molecular formula is C15H24N2. The summed E-state index contributed by atoms with van der Waals surface area (Å²) in [7, 11) is 0. The van der Waals surface area contributed by atoms with Gasteiger partial charge in [-0.15, -0.1) is 0 Å². The second-order valence-electron chi connectivity index (χ2n) is 5.30. The highest BCUT2D eigenvalue weighted by Gasteiger charge is 2.23. The zero-order valence-corrected chi connectivity index (χ0v) is 11.1. The van der Waals surface area contributed by atoms with E-state index in [-0.39, 0.29) is 0 Å². The number of rotatable bonds is 4. The van der Waals surface area contributed by atoms with Crippen molar-refractivity contribution in [2.45, 2.75) is 39.5 Å². The lowest BCUT2D eigenvalue weighted by Gasteiger charge is -2.36. The smallest absolute Gasteiger partial charge is 0.0397 e. The SMILES string of the molecule is CCCC(C)C1CCN(c2ccncc2)CC1. The van der Waals surface area contributed by atoms with E-state index in [9.17, 15) is 0 Å². The molecule has 1 aliphatic heterocycles. The van der Waals surface area contributed by atoms with Gasteiger partial charge >= 0.3 is 0 Å². The lowest BCUT2D eigenvalue weighted by Crippen LogP contribution is -2.35. The van der Waals surface area contributed by atoms with Gasteiger partial charge in [0, 0.05) is 31.2 Å². The van der Waals surface area contributed by atoms with Crippen LogP contribution in [0.5, 0.6) is 0 Å². The molecule has 1 saturated heterocycles. The van der Waals surface area contributed by atoms with Gasteiger partial charge in [0.05, 0.1) is 0 Å². The van der Waals surface area contributed by atoms with Crippen molar-refractivity contribution in [2.75, 3.05) is 18.0 Å². The van der Waals surface area contributed by atoms with Gasteiger partial charge in [0.15, 0.2) is 0 Å². The molecule has 2 heterocycles. The Morgan fingerprint density at radius 3 is 2.53 bits per heavy atom. The maximum Gasteiger partial charge on any atom is 0.0397 e. The van der Waals surface area contributed by atoms with Crippen LogP contribution < -0.4 is 4.90 Å². The minimum absolute atomic E-state index is 0.902.